The highest BCUT2D eigenvalue weighted by Crippen LogP contribution is 2.29. The van der Waals surface area contributed by atoms with Crippen LogP contribution in [-0.4, -0.2) is 13.1 Å². The van der Waals surface area contributed by atoms with Gasteiger partial charge in [0.05, 0.1) is 12.7 Å². The number of hydrogen-bond donors (Lipinski definition) is 0. The molecule has 0 fully saturated rings. The van der Waals surface area contributed by atoms with E-state index in [9.17, 15) is 4.79 Å². The minimum absolute atomic E-state index is 0.301. The largest absolute Gasteiger partial charge is 0.465 e. The van der Waals surface area contributed by atoms with E-state index in [2.05, 4.69) is 24.3 Å². The number of rotatable bonds is 3. The molecule has 2 heteroatoms. The molecule has 114 valence electrons. The first-order valence-electron chi connectivity index (χ1n) is 7.54. The fourth-order valence-corrected chi connectivity index (χ4v) is 2.75. The molecule has 0 amide bonds. The zero-order valence-corrected chi connectivity index (χ0v) is 13.2. The maximum Gasteiger partial charge on any atom is 0.338 e. The third kappa shape index (κ3) is 3.02. The second kappa shape index (κ2) is 6.49. The number of carbonyl (C=O) groups excluding carboxylic acids is 1. The van der Waals surface area contributed by atoms with E-state index < -0.39 is 0 Å². The number of hydrogen-bond acceptors (Lipinski definition) is 2. The highest BCUT2D eigenvalue weighted by atomic mass is 16.5. The second-order valence-electron chi connectivity index (χ2n) is 5.43. The number of ether oxygens (including phenoxy) is 1. The molecule has 23 heavy (non-hydrogen) atoms. The van der Waals surface area contributed by atoms with Gasteiger partial charge in [-0.05, 0) is 34.7 Å². The summed E-state index contributed by atoms with van der Waals surface area (Å²) in [6.07, 6.45) is 0. The second-order valence-corrected chi connectivity index (χ2v) is 5.43. The molecule has 0 aromatic heterocycles. The van der Waals surface area contributed by atoms with Crippen molar-refractivity contribution in [1.82, 2.24) is 0 Å². The fourth-order valence-electron chi connectivity index (χ4n) is 2.75. The van der Waals surface area contributed by atoms with Gasteiger partial charge in [-0.2, -0.15) is 0 Å². The standard InChI is InChI=1S/C21H18O2/c1-15-7-6-10-19(20(15)21(22)23-2)18-13-11-17(12-14-18)16-8-4-3-5-9-16/h3-14H,1-2H3. The molecule has 0 aliphatic rings. The Hall–Kier alpha value is -2.87. The molecule has 3 rings (SSSR count). The maximum absolute atomic E-state index is 12.1. The highest BCUT2D eigenvalue weighted by Gasteiger charge is 2.15. The van der Waals surface area contributed by atoms with Crippen LogP contribution in [0.3, 0.4) is 0 Å². The van der Waals surface area contributed by atoms with E-state index in [-0.39, 0.29) is 5.97 Å². The molecule has 0 saturated heterocycles. The average Bonchev–Trinajstić information content (AvgIpc) is 2.62. The van der Waals surface area contributed by atoms with Gasteiger partial charge in [0.25, 0.3) is 0 Å². The minimum Gasteiger partial charge on any atom is -0.465 e. The molecule has 0 radical (unpaired) electrons. The topological polar surface area (TPSA) is 26.3 Å². The number of aryl methyl sites for hydroxylation is 1. The van der Waals surface area contributed by atoms with Crippen molar-refractivity contribution in [3.63, 3.8) is 0 Å². The fraction of sp³-hybridized carbons (Fsp3) is 0.0952. The summed E-state index contributed by atoms with van der Waals surface area (Å²) in [5, 5.41) is 0. The van der Waals surface area contributed by atoms with Gasteiger partial charge in [-0.1, -0.05) is 72.8 Å². The lowest BCUT2D eigenvalue weighted by molar-refractivity contribution is 0.0601. The summed E-state index contributed by atoms with van der Waals surface area (Å²) >= 11 is 0. The molecule has 0 saturated carbocycles. The molecule has 0 aliphatic heterocycles. The van der Waals surface area contributed by atoms with Crippen LogP contribution in [0.5, 0.6) is 0 Å². The molecule has 2 nitrogen and oxygen atoms in total. The predicted molar refractivity (Wildman–Crippen MR) is 93.4 cm³/mol. The van der Waals surface area contributed by atoms with Crippen molar-refractivity contribution in [3.05, 3.63) is 83.9 Å². The smallest absolute Gasteiger partial charge is 0.338 e. The number of carbonyl (C=O) groups is 1. The Morgan fingerprint density at radius 1 is 0.739 bits per heavy atom. The summed E-state index contributed by atoms with van der Waals surface area (Å²) in [5.74, 6) is -0.301. The normalized spacial score (nSPS) is 10.3. The molecule has 0 N–H and O–H groups in total. The van der Waals surface area contributed by atoms with Crippen LogP contribution in [0.2, 0.25) is 0 Å². The van der Waals surface area contributed by atoms with Crippen LogP contribution < -0.4 is 0 Å². The van der Waals surface area contributed by atoms with Crippen molar-refractivity contribution >= 4 is 5.97 Å². The Balaban J connectivity index is 2.04. The van der Waals surface area contributed by atoms with Crippen LogP contribution >= 0.6 is 0 Å². The molecule has 0 unspecified atom stereocenters. The van der Waals surface area contributed by atoms with Crippen molar-refractivity contribution in [2.75, 3.05) is 7.11 Å². The van der Waals surface area contributed by atoms with Gasteiger partial charge in [-0.3, -0.25) is 0 Å². The van der Waals surface area contributed by atoms with E-state index in [0.29, 0.717) is 5.56 Å². The lowest BCUT2D eigenvalue weighted by atomic mass is 9.94. The number of esters is 1. The molecule has 0 spiro atoms. The zero-order chi connectivity index (χ0) is 16.2. The first-order chi connectivity index (χ1) is 11.2. The van der Waals surface area contributed by atoms with Gasteiger partial charge in [-0.15, -0.1) is 0 Å². The molecule has 3 aromatic rings. The SMILES string of the molecule is COC(=O)c1c(C)cccc1-c1ccc(-c2ccccc2)cc1. The van der Waals surface area contributed by atoms with Gasteiger partial charge in [0, 0.05) is 0 Å². The molecule has 0 atom stereocenters. The van der Waals surface area contributed by atoms with E-state index >= 15 is 0 Å². The van der Waals surface area contributed by atoms with Crippen LogP contribution in [-0.2, 0) is 4.74 Å². The quantitative estimate of drug-likeness (QED) is 0.628. The summed E-state index contributed by atoms with van der Waals surface area (Å²) in [6, 6.07) is 24.3. The van der Waals surface area contributed by atoms with Gasteiger partial charge in [0.2, 0.25) is 0 Å². The Bertz CT molecular complexity index is 818. The monoisotopic (exact) mass is 302 g/mol. The van der Waals surface area contributed by atoms with Crippen molar-refractivity contribution < 1.29 is 9.53 Å². The van der Waals surface area contributed by atoms with Crippen LogP contribution in [0, 0.1) is 6.92 Å². The van der Waals surface area contributed by atoms with Crippen LogP contribution in [0.1, 0.15) is 15.9 Å². The molecule has 3 aromatic carbocycles. The molecule has 0 heterocycles. The van der Waals surface area contributed by atoms with E-state index in [0.717, 1.165) is 22.3 Å². The van der Waals surface area contributed by atoms with Crippen molar-refractivity contribution in [1.29, 1.82) is 0 Å². The van der Waals surface area contributed by atoms with E-state index in [1.54, 1.807) is 0 Å². The lowest BCUT2D eigenvalue weighted by Crippen LogP contribution is -2.06. The predicted octanol–water partition coefficient (Wildman–Crippen LogP) is 5.12. The summed E-state index contributed by atoms with van der Waals surface area (Å²) in [6.45, 7) is 1.92. The Morgan fingerprint density at radius 2 is 1.35 bits per heavy atom. The summed E-state index contributed by atoms with van der Waals surface area (Å²) in [5.41, 5.74) is 5.78. The molecule has 0 aliphatic carbocycles. The third-order valence-corrected chi connectivity index (χ3v) is 3.97. The van der Waals surface area contributed by atoms with E-state index in [1.165, 1.54) is 12.7 Å². The average molecular weight is 302 g/mol. The first kappa shape index (κ1) is 15.0. The molecular formula is C21H18O2. The third-order valence-electron chi connectivity index (χ3n) is 3.97. The van der Waals surface area contributed by atoms with Gasteiger partial charge in [0.1, 0.15) is 0 Å². The Morgan fingerprint density at radius 3 is 2.00 bits per heavy atom. The van der Waals surface area contributed by atoms with Crippen molar-refractivity contribution in [2.24, 2.45) is 0 Å². The summed E-state index contributed by atoms with van der Waals surface area (Å²) in [4.78, 5) is 12.1. The van der Waals surface area contributed by atoms with Crippen LogP contribution in [0.15, 0.2) is 72.8 Å². The zero-order valence-electron chi connectivity index (χ0n) is 13.2. The van der Waals surface area contributed by atoms with Crippen LogP contribution in [0.4, 0.5) is 0 Å². The van der Waals surface area contributed by atoms with Gasteiger partial charge >= 0.3 is 5.97 Å². The first-order valence-corrected chi connectivity index (χ1v) is 7.54. The lowest BCUT2D eigenvalue weighted by Gasteiger charge is -2.11. The van der Waals surface area contributed by atoms with Crippen LogP contribution in [0.25, 0.3) is 22.3 Å². The summed E-state index contributed by atoms with van der Waals surface area (Å²) < 4.78 is 4.93. The maximum atomic E-state index is 12.1. The number of benzene rings is 3. The molecular weight excluding hydrogens is 284 g/mol. The molecule has 0 bridgehead atoms. The highest BCUT2D eigenvalue weighted by molar-refractivity contribution is 5.98. The number of methoxy groups -OCH3 is 1. The van der Waals surface area contributed by atoms with Gasteiger partial charge in [-0.25, -0.2) is 4.79 Å². The van der Waals surface area contributed by atoms with Gasteiger partial charge in [0.15, 0.2) is 0 Å². The van der Waals surface area contributed by atoms with E-state index in [1.807, 2.05) is 55.5 Å². The minimum atomic E-state index is -0.301. The van der Waals surface area contributed by atoms with Crippen molar-refractivity contribution in [2.45, 2.75) is 6.92 Å². The van der Waals surface area contributed by atoms with E-state index in [4.69, 9.17) is 4.74 Å². The van der Waals surface area contributed by atoms with Crippen molar-refractivity contribution in [3.8, 4) is 22.3 Å². The van der Waals surface area contributed by atoms with Gasteiger partial charge < -0.3 is 4.74 Å². The Labute approximate surface area is 136 Å². The Kier molecular flexibility index (Phi) is 4.24. The summed E-state index contributed by atoms with van der Waals surface area (Å²) in [7, 11) is 1.41.